The average Bonchev–Trinajstić information content (AvgIpc) is 2.72. The largest absolute Gasteiger partial charge is 0.363 e. The van der Waals surface area contributed by atoms with E-state index in [4.69, 9.17) is 0 Å². The normalized spacial score (nSPS) is 18.9. The number of carbonyl (C=O) groups excluding carboxylic acids is 2. The van der Waals surface area contributed by atoms with Gasteiger partial charge in [-0.05, 0) is 25.0 Å². The molecule has 1 saturated heterocycles. The summed E-state index contributed by atoms with van der Waals surface area (Å²) in [5.74, 6) is 0.949. The predicted octanol–water partition coefficient (Wildman–Crippen LogP) is 3.31. The van der Waals surface area contributed by atoms with Crippen LogP contribution in [0.15, 0.2) is 30.3 Å². The van der Waals surface area contributed by atoms with Gasteiger partial charge >= 0.3 is 0 Å². The summed E-state index contributed by atoms with van der Waals surface area (Å²) in [4.78, 5) is 36.6. The van der Waals surface area contributed by atoms with Crippen molar-refractivity contribution in [2.24, 2.45) is 0 Å². The number of rotatable bonds is 2. The van der Waals surface area contributed by atoms with E-state index < -0.39 is 0 Å². The molecule has 2 amide bonds. The van der Waals surface area contributed by atoms with Crippen molar-refractivity contribution in [1.29, 1.82) is 0 Å². The first kappa shape index (κ1) is 19.7. The lowest BCUT2D eigenvalue weighted by atomic mass is 9.78. The number of fused-ring (bicyclic) bond motifs is 1. The van der Waals surface area contributed by atoms with Crippen LogP contribution in [0.1, 0.15) is 49.4 Å². The fourth-order valence-corrected chi connectivity index (χ4v) is 5.02. The Kier molecular flexibility index (Phi) is 5.19. The van der Waals surface area contributed by atoms with Crippen LogP contribution in [0, 0.1) is 0 Å². The molecule has 1 saturated carbocycles. The Morgan fingerprint density at radius 2 is 1.79 bits per heavy atom. The smallest absolute Gasteiger partial charge is 0.254 e. The minimum atomic E-state index is -0.203. The second kappa shape index (κ2) is 7.65. The maximum Gasteiger partial charge on any atom is 0.254 e. The number of amides is 2. The quantitative estimate of drug-likeness (QED) is 0.784. The molecule has 0 bridgehead atoms. The Hall–Kier alpha value is -2.63. The van der Waals surface area contributed by atoms with Gasteiger partial charge in [0.2, 0.25) is 5.91 Å². The molecule has 4 rings (SSSR count). The first-order chi connectivity index (χ1) is 13.9. The maximum absolute atomic E-state index is 13.7. The van der Waals surface area contributed by atoms with E-state index in [2.05, 4.69) is 4.98 Å². The molecule has 1 spiro atoms. The van der Waals surface area contributed by atoms with Gasteiger partial charge in [0.25, 0.3) is 5.91 Å². The fourth-order valence-electron chi connectivity index (χ4n) is 5.02. The molecule has 0 radical (unpaired) electrons. The third kappa shape index (κ3) is 3.56. The van der Waals surface area contributed by atoms with E-state index in [1.165, 1.54) is 6.42 Å². The van der Waals surface area contributed by atoms with Crippen LogP contribution in [-0.2, 0) is 4.79 Å². The number of pyridine rings is 1. The average molecular weight is 395 g/mol. The molecule has 1 aromatic heterocycles. The van der Waals surface area contributed by atoms with E-state index in [0.29, 0.717) is 25.2 Å². The molecule has 29 heavy (non-hydrogen) atoms. The number of piperazine rings is 1. The number of benzene rings is 1. The van der Waals surface area contributed by atoms with Gasteiger partial charge < -0.3 is 14.7 Å². The van der Waals surface area contributed by atoms with Crippen molar-refractivity contribution in [2.45, 2.75) is 44.6 Å². The maximum atomic E-state index is 13.7. The van der Waals surface area contributed by atoms with Gasteiger partial charge in [0.05, 0.1) is 16.6 Å². The zero-order valence-corrected chi connectivity index (χ0v) is 17.6. The minimum Gasteiger partial charge on any atom is -0.363 e. The van der Waals surface area contributed by atoms with Crippen molar-refractivity contribution in [1.82, 2.24) is 14.8 Å². The summed E-state index contributed by atoms with van der Waals surface area (Å²) in [6.45, 7) is 3.48. The van der Waals surface area contributed by atoms with Crippen molar-refractivity contribution in [2.75, 3.05) is 38.6 Å². The highest BCUT2D eigenvalue weighted by atomic mass is 16.2. The van der Waals surface area contributed by atoms with Crippen LogP contribution in [0.25, 0.3) is 10.9 Å². The first-order valence-electron chi connectivity index (χ1n) is 10.6. The third-order valence-corrected chi connectivity index (χ3v) is 6.49. The Bertz CT molecular complexity index is 934. The van der Waals surface area contributed by atoms with Gasteiger partial charge in [-0.3, -0.25) is 9.59 Å². The fraction of sp³-hybridized carbons (Fsp3) is 0.522. The second-order valence-electron chi connectivity index (χ2n) is 8.62. The Labute approximate surface area is 172 Å². The van der Waals surface area contributed by atoms with E-state index >= 15 is 0 Å². The molecule has 2 fully saturated rings. The van der Waals surface area contributed by atoms with E-state index in [9.17, 15) is 9.59 Å². The van der Waals surface area contributed by atoms with Gasteiger partial charge in [-0.25, -0.2) is 4.98 Å². The van der Waals surface area contributed by atoms with Gasteiger partial charge in [0.1, 0.15) is 5.82 Å². The summed E-state index contributed by atoms with van der Waals surface area (Å²) < 4.78 is 0. The number of nitrogens with zero attached hydrogens (tertiary/aromatic N) is 4. The third-order valence-electron chi connectivity index (χ3n) is 6.49. The summed E-state index contributed by atoms with van der Waals surface area (Å²) in [6.07, 6.45) is 5.42. The van der Waals surface area contributed by atoms with Crippen molar-refractivity contribution in [3.8, 4) is 0 Å². The van der Waals surface area contributed by atoms with Gasteiger partial charge in [-0.15, -0.1) is 0 Å². The van der Waals surface area contributed by atoms with E-state index in [0.717, 1.165) is 42.4 Å². The molecule has 2 aliphatic rings. The zero-order valence-electron chi connectivity index (χ0n) is 17.6. The zero-order chi connectivity index (χ0) is 20.6. The number of anilines is 1. The topological polar surface area (TPSA) is 56.8 Å². The molecule has 0 unspecified atom stereocenters. The van der Waals surface area contributed by atoms with Crippen molar-refractivity contribution in [3.63, 3.8) is 0 Å². The Morgan fingerprint density at radius 3 is 2.48 bits per heavy atom. The molecular weight excluding hydrogens is 364 g/mol. The predicted molar refractivity (Wildman–Crippen MR) is 115 cm³/mol. The van der Waals surface area contributed by atoms with E-state index in [1.54, 1.807) is 6.92 Å². The van der Waals surface area contributed by atoms with Crippen molar-refractivity contribution < 1.29 is 9.59 Å². The number of carbonyl (C=O) groups is 2. The number of aromatic nitrogens is 1. The highest BCUT2D eigenvalue weighted by Crippen LogP contribution is 2.37. The molecule has 0 N–H and O–H groups in total. The lowest BCUT2D eigenvalue weighted by Gasteiger charge is -2.52. The summed E-state index contributed by atoms with van der Waals surface area (Å²) in [7, 11) is 3.88. The van der Waals surface area contributed by atoms with Crippen molar-refractivity contribution in [3.05, 3.63) is 35.9 Å². The summed E-state index contributed by atoms with van der Waals surface area (Å²) in [5, 5.41) is 0.884. The van der Waals surface area contributed by atoms with Crippen molar-refractivity contribution >= 4 is 28.5 Å². The molecule has 1 aliphatic heterocycles. The molecule has 154 valence electrons. The summed E-state index contributed by atoms with van der Waals surface area (Å²) in [6, 6.07) is 9.72. The molecular formula is C23H30N4O2. The van der Waals surface area contributed by atoms with Crippen LogP contribution >= 0.6 is 0 Å². The van der Waals surface area contributed by atoms with Crippen LogP contribution in [0.5, 0.6) is 0 Å². The Morgan fingerprint density at radius 1 is 1.07 bits per heavy atom. The van der Waals surface area contributed by atoms with Gasteiger partial charge in [0.15, 0.2) is 0 Å². The van der Waals surface area contributed by atoms with Gasteiger partial charge in [-0.2, -0.15) is 0 Å². The Balaban J connectivity index is 1.71. The van der Waals surface area contributed by atoms with Gasteiger partial charge in [0, 0.05) is 46.0 Å². The second-order valence-corrected chi connectivity index (χ2v) is 8.62. The van der Waals surface area contributed by atoms with E-state index in [-0.39, 0.29) is 17.4 Å². The van der Waals surface area contributed by atoms with Crippen LogP contribution < -0.4 is 4.90 Å². The molecule has 6 heteroatoms. The molecule has 6 nitrogen and oxygen atoms in total. The molecule has 1 aromatic carbocycles. The lowest BCUT2D eigenvalue weighted by molar-refractivity contribution is -0.141. The number of hydrogen-bond acceptors (Lipinski definition) is 4. The van der Waals surface area contributed by atoms with Gasteiger partial charge in [-0.1, -0.05) is 37.5 Å². The molecule has 2 heterocycles. The monoisotopic (exact) mass is 394 g/mol. The van der Waals surface area contributed by atoms with Crippen LogP contribution in [-0.4, -0.2) is 65.9 Å². The minimum absolute atomic E-state index is 0.0415. The molecule has 1 aliphatic carbocycles. The molecule has 0 atom stereocenters. The van der Waals surface area contributed by atoms with E-state index in [1.807, 2.05) is 59.1 Å². The highest BCUT2D eigenvalue weighted by molar-refractivity contribution is 6.07. The summed E-state index contributed by atoms with van der Waals surface area (Å²) in [5.41, 5.74) is 1.32. The van der Waals surface area contributed by atoms with Crippen LogP contribution in [0.3, 0.4) is 0 Å². The lowest BCUT2D eigenvalue weighted by Crippen LogP contribution is -2.65. The summed E-state index contributed by atoms with van der Waals surface area (Å²) >= 11 is 0. The first-order valence-corrected chi connectivity index (χ1v) is 10.6. The standard InChI is InChI=1S/C23H30N4O2/c1-17(28)27-14-13-26(16-23(27)11-7-4-8-12-23)22(29)19-15-21(25(2)3)24-20-10-6-5-9-18(19)20/h5-6,9-10,15H,4,7-8,11-14,16H2,1-3H3. The SMILES string of the molecule is CC(=O)N1CCN(C(=O)c2cc(N(C)C)nc3ccccc23)CC12CCCCC2. The number of para-hydroxylation sites is 1. The molecule has 2 aromatic rings. The van der Waals surface area contributed by atoms with Crippen LogP contribution in [0.2, 0.25) is 0 Å². The number of hydrogen-bond donors (Lipinski definition) is 0. The highest BCUT2D eigenvalue weighted by Gasteiger charge is 2.45. The van der Waals surface area contributed by atoms with Crippen LogP contribution in [0.4, 0.5) is 5.82 Å².